The van der Waals surface area contributed by atoms with Crippen molar-refractivity contribution in [2.45, 2.75) is 24.9 Å². The molecule has 0 unspecified atom stereocenters. The largest absolute Gasteiger partial charge is 0.325 e. The Hall–Kier alpha value is -2.68. The van der Waals surface area contributed by atoms with Crippen LogP contribution in [0.2, 0.25) is 0 Å². The van der Waals surface area contributed by atoms with E-state index in [0.717, 1.165) is 18.2 Å². The lowest BCUT2D eigenvalue weighted by molar-refractivity contribution is -0.384. The number of nitrogens with one attached hydrogen (secondary N) is 2. The molecule has 0 saturated carbocycles. The fourth-order valence-electron chi connectivity index (χ4n) is 1.93. The molecule has 0 fully saturated rings. The third-order valence-electron chi connectivity index (χ3n) is 2.98. The van der Waals surface area contributed by atoms with Crippen LogP contribution in [0.5, 0.6) is 0 Å². The number of thioether (sulfide) groups is 1. The highest BCUT2D eigenvalue weighted by Crippen LogP contribution is 2.17. The molecule has 0 aliphatic carbocycles. The van der Waals surface area contributed by atoms with Gasteiger partial charge in [0.25, 0.3) is 11.2 Å². The van der Waals surface area contributed by atoms with Gasteiger partial charge in [0.1, 0.15) is 0 Å². The monoisotopic (exact) mass is 348 g/mol. The number of aromatic nitrogens is 2. The lowest BCUT2D eigenvalue weighted by Crippen LogP contribution is -2.15. The van der Waals surface area contributed by atoms with Crippen LogP contribution in [0.1, 0.15) is 19.0 Å². The SMILES string of the molecule is CCCc1cc(=O)[nH]c(SCC(=O)Nc2ccc([N+](=O)[O-])cc2)n1. The topological polar surface area (TPSA) is 118 Å². The molecule has 0 aliphatic heterocycles. The second-order valence-electron chi connectivity index (χ2n) is 4.93. The van der Waals surface area contributed by atoms with Gasteiger partial charge in [0.15, 0.2) is 5.16 Å². The Morgan fingerprint density at radius 2 is 2.08 bits per heavy atom. The first-order valence-corrected chi connectivity index (χ1v) is 8.24. The third-order valence-corrected chi connectivity index (χ3v) is 3.85. The number of non-ortho nitro benzene ring substituents is 1. The van der Waals surface area contributed by atoms with Gasteiger partial charge >= 0.3 is 0 Å². The van der Waals surface area contributed by atoms with Crippen molar-refractivity contribution in [2.75, 3.05) is 11.1 Å². The van der Waals surface area contributed by atoms with E-state index < -0.39 is 4.92 Å². The molecular weight excluding hydrogens is 332 g/mol. The molecule has 1 amide bonds. The van der Waals surface area contributed by atoms with Gasteiger partial charge in [-0.15, -0.1) is 0 Å². The summed E-state index contributed by atoms with van der Waals surface area (Å²) in [4.78, 5) is 40.4. The van der Waals surface area contributed by atoms with E-state index in [1.165, 1.54) is 30.3 Å². The Morgan fingerprint density at radius 3 is 2.71 bits per heavy atom. The molecule has 2 rings (SSSR count). The summed E-state index contributed by atoms with van der Waals surface area (Å²) >= 11 is 1.12. The molecule has 24 heavy (non-hydrogen) atoms. The third kappa shape index (κ3) is 5.20. The molecule has 0 radical (unpaired) electrons. The smallest absolute Gasteiger partial charge is 0.269 e. The molecule has 2 N–H and O–H groups in total. The molecule has 0 aliphatic rings. The molecule has 0 saturated heterocycles. The van der Waals surface area contributed by atoms with Gasteiger partial charge in [-0.3, -0.25) is 19.7 Å². The van der Waals surface area contributed by atoms with Crippen LogP contribution in [0.25, 0.3) is 0 Å². The number of H-pyrrole nitrogens is 1. The van der Waals surface area contributed by atoms with Crippen molar-refractivity contribution in [2.24, 2.45) is 0 Å². The number of carbonyl (C=O) groups excluding carboxylic acids is 1. The zero-order valence-corrected chi connectivity index (χ0v) is 13.8. The molecule has 1 heterocycles. The zero-order valence-electron chi connectivity index (χ0n) is 12.9. The molecule has 0 bridgehead atoms. The summed E-state index contributed by atoms with van der Waals surface area (Å²) < 4.78 is 0. The van der Waals surface area contributed by atoms with Gasteiger partial charge in [-0.1, -0.05) is 25.1 Å². The van der Waals surface area contributed by atoms with Crippen LogP contribution in [-0.4, -0.2) is 26.6 Å². The Labute approximate surface area is 141 Å². The predicted molar refractivity (Wildman–Crippen MR) is 91.3 cm³/mol. The Bertz CT molecular complexity index is 789. The van der Waals surface area contributed by atoms with E-state index in [-0.39, 0.29) is 22.9 Å². The highest BCUT2D eigenvalue weighted by atomic mass is 32.2. The first-order valence-electron chi connectivity index (χ1n) is 7.25. The molecule has 9 heteroatoms. The number of amides is 1. The summed E-state index contributed by atoms with van der Waals surface area (Å²) in [5, 5.41) is 13.6. The molecule has 126 valence electrons. The molecular formula is C15H16N4O4S. The number of aryl methyl sites for hydroxylation is 1. The number of anilines is 1. The number of nitro groups is 1. The summed E-state index contributed by atoms with van der Waals surface area (Å²) in [6, 6.07) is 7.00. The average Bonchev–Trinajstić information content (AvgIpc) is 2.53. The maximum absolute atomic E-state index is 11.9. The summed E-state index contributed by atoms with van der Waals surface area (Å²) in [6.45, 7) is 1.99. The Balaban J connectivity index is 1.93. The van der Waals surface area contributed by atoms with Crippen molar-refractivity contribution in [3.05, 3.63) is 56.5 Å². The van der Waals surface area contributed by atoms with Crippen molar-refractivity contribution in [1.82, 2.24) is 9.97 Å². The minimum absolute atomic E-state index is 0.0445. The molecule has 1 aromatic carbocycles. The highest BCUT2D eigenvalue weighted by Gasteiger charge is 2.08. The maximum atomic E-state index is 11.9. The fraction of sp³-hybridized carbons (Fsp3) is 0.267. The van der Waals surface area contributed by atoms with E-state index in [2.05, 4.69) is 15.3 Å². The lowest BCUT2D eigenvalue weighted by Gasteiger charge is -2.05. The Kier molecular flexibility index (Phi) is 6.07. The molecule has 1 aromatic heterocycles. The van der Waals surface area contributed by atoms with Gasteiger partial charge in [-0.25, -0.2) is 4.98 Å². The number of hydrogen-bond acceptors (Lipinski definition) is 6. The summed E-state index contributed by atoms with van der Waals surface area (Å²) in [5.74, 6) is -0.229. The van der Waals surface area contributed by atoms with Crippen LogP contribution in [0.15, 0.2) is 40.3 Å². The van der Waals surface area contributed by atoms with Gasteiger partial charge in [0.05, 0.1) is 10.7 Å². The summed E-state index contributed by atoms with van der Waals surface area (Å²) in [6.07, 6.45) is 1.58. The fourth-order valence-corrected chi connectivity index (χ4v) is 2.63. The van der Waals surface area contributed by atoms with Crippen LogP contribution in [0.3, 0.4) is 0 Å². The van der Waals surface area contributed by atoms with Crippen LogP contribution in [-0.2, 0) is 11.2 Å². The van der Waals surface area contributed by atoms with Crippen molar-refractivity contribution < 1.29 is 9.72 Å². The van der Waals surface area contributed by atoms with Crippen molar-refractivity contribution in [3.63, 3.8) is 0 Å². The highest BCUT2D eigenvalue weighted by molar-refractivity contribution is 7.99. The minimum Gasteiger partial charge on any atom is -0.325 e. The number of aromatic amines is 1. The van der Waals surface area contributed by atoms with Crippen molar-refractivity contribution in [1.29, 1.82) is 0 Å². The molecule has 8 nitrogen and oxygen atoms in total. The predicted octanol–water partition coefficient (Wildman–Crippen LogP) is 2.36. The number of nitrogens with zero attached hydrogens (tertiary/aromatic N) is 2. The van der Waals surface area contributed by atoms with E-state index in [1.807, 2.05) is 6.92 Å². The lowest BCUT2D eigenvalue weighted by atomic mass is 10.2. The van der Waals surface area contributed by atoms with E-state index in [4.69, 9.17) is 0 Å². The van der Waals surface area contributed by atoms with Crippen molar-refractivity contribution in [3.8, 4) is 0 Å². The second-order valence-corrected chi connectivity index (χ2v) is 5.90. The normalized spacial score (nSPS) is 10.4. The number of benzene rings is 1. The number of carbonyl (C=O) groups is 1. The average molecular weight is 348 g/mol. The molecule has 0 spiro atoms. The van der Waals surface area contributed by atoms with Crippen molar-refractivity contribution >= 4 is 29.0 Å². The van der Waals surface area contributed by atoms with Gasteiger partial charge < -0.3 is 10.3 Å². The van der Waals surface area contributed by atoms with E-state index in [9.17, 15) is 19.7 Å². The number of hydrogen-bond donors (Lipinski definition) is 2. The van der Waals surface area contributed by atoms with Crippen LogP contribution < -0.4 is 10.9 Å². The molecule has 2 aromatic rings. The van der Waals surface area contributed by atoms with Crippen LogP contribution in [0, 0.1) is 10.1 Å². The summed E-state index contributed by atoms with van der Waals surface area (Å²) in [7, 11) is 0. The van der Waals surface area contributed by atoms with E-state index in [0.29, 0.717) is 23.0 Å². The summed E-state index contributed by atoms with van der Waals surface area (Å²) in [5.41, 5.74) is 0.871. The zero-order chi connectivity index (χ0) is 17.5. The van der Waals surface area contributed by atoms with Crippen LogP contribution in [0.4, 0.5) is 11.4 Å². The number of rotatable bonds is 7. The quantitative estimate of drug-likeness (QED) is 0.343. The van der Waals surface area contributed by atoms with Crippen LogP contribution >= 0.6 is 11.8 Å². The van der Waals surface area contributed by atoms with E-state index in [1.54, 1.807) is 0 Å². The molecule has 0 atom stereocenters. The first-order chi connectivity index (χ1) is 11.5. The number of nitro benzene ring substituents is 1. The Morgan fingerprint density at radius 1 is 1.38 bits per heavy atom. The maximum Gasteiger partial charge on any atom is 0.269 e. The first kappa shape index (κ1) is 17.7. The van der Waals surface area contributed by atoms with Gasteiger partial charge in [-0.2, -0.15) is 0 Å². The van der Waals surface area contributed by atoms with Gasteiger partial charge in [0.2, 0.25) is 5.91 Å². The van der Waals surface area contributed by atoms with Gasteiger partial charge in [-0.05, 0) is 18.6 Å². The van der Waals surface area contributed by atoms with Gasteiger partial charge in [0, 0.05) is 29.6 Å². The standard InChI is InChI=1S/C15H16N4O4S/c1-2-3-11-8-13(20)18-15(17-11)24-9-14(21)16-10-4-6-12(7-5-10)19(22)23/h4-8H,2-3,9H2,1H3,(H,16,21)(H,17,18,20). The minimum atomic E-state index is -0.507. The van der Waals surface area contributed by atoms with E-state index >= 15 is 0 Å². The second kappa shape index (κ2) is 8.25.